The molecule has 0 saturated carbocycles. The molecule has 12 rings (SSSR count). The summed E-state index contributed by atoms with van der Waals surface area (Å²) in [4.78, 5) is 95.7. The van der Waals surface area contributed by atoms with Gasteiger partial charge in [0.15, 0.2) is 55.0 Å². The highest BCUT2D eigenvalue weighted by molar-refractivity contribution is 8.07. The Morgan fingerprint density at radius 1 is 0.727 bits per heavy atom. The van der Waals surface area contributed by atoms with Gasteiger partial charge in [-0.05, 0) is 107 Å². The number of hydrogen-bond acceptors (Lipinski definition) is 20. The standard InChI is InChI=1S/C65H70FN10O13PS2Si.C5H5N/c1-38(2)57(77)73-63-72-56-50(59(79)74-63)70-37-76(56)61-53(52(89-93(8,9)64(3,4)5)47(92-61)34-84-65(41-23-17-12-18-24-41,42-25-29-44(82-6)30-26-42)43-27-31-45(83-7)32-28-43)88-90(81,91)85-33-46-51(87-62(80)40-21-15-11-16-22-40)48(66)60(86-46)75-36-69-49-54(67-35-68-55(49)75)71-58(78)39-19-13-10-14-20-39;1-2-4-6-5-3-1/h10-32,35-38,46-48,51-53,60-61H,33-34H2,1-9H3,(H,81,91)(H,67,68,71,78)(H2,72,73,74,77,79);1-5H/t46-,47-,48+,51-,52-,53-,60-,61-,90?;/m1./s1. The highest BCUT2D eigenvalue weighted by atomic mass is 32.5. The van der Waals surface area contributed by atoms with Gasteiger partial charge in [0.05, 0.1) is 57.0 Å². The fourth-order valence-corrected chi connectivity index (χ4v) is 15.5. The molecule has 2 aliphatic rings. The van der Waals surface area contributed by atoms with Gasteiger partial charge in [-0.3, -0.25) is 43.3 Å². The zero-order valence-corrected chi connectivity index (χ0v) is 59.1. The molecule has 7 heterocycles. The van der Waals surface area contributed by atoms with Crippen molar-refractivity contribution in [2.45, 2.75) is 106 Å². The molecular weight excluding hydrogens is 1350 g/mol. The molecule has 2 fully saturated rings. The quantitative estimate of drug-likeness (QED) is 0.0200. The van der Waals surface area contributed by atoms with Crippen LogP contribution in [0.3, 0.4) is 0 Å². The highest BCUT2D eigenvalue weighted by Crippen LogP contribution is 2.57. The molecular formula is C70H75FN11O13PS2Si. The number of halogens is 1. The first-order valence-corrected chi connectivity index (χ1v) is 38.1. The second kappa shape index (κ2) is 30.7. The van der Waals surface area contributed by atoms with Crippen molar-refractivity contribution < 1.29 is 60.8 Å². The summed E-state index contributed by atoms with van der Waals surface area (Å²) in [5, 5.41) is 3.30. The van der Waals surface area contributed by atoms with Crippen molar-refractivity contribution in [1.82, 2.24) is 44.0 Å². The Morgan fingerprint density at radius 3 is 1.88 bits per heavy atom. The van der Waals surface area contributed by atoms with Crippen LogP contribution in [0, 0.1) is 5.92 Å². The van der Waals surface area contributed by atoms with E-state index in [2.05, 4.69) is 74.4 Å². The van der Waals surface area contributed by atoms with E-state index >= 15 is 4.39 Å². The van der Waals surface area contributed by atoms with Gasteiger partial charge in [-0.15, -0.1) is 11.8 Å². The lowest BCUT2D eigenvalue weighted by Crippen LogP contribution is -2.50. The van der Waals surface area contributed by atoms with Crippen LogP contribution in [0.4, 0.5) is 16.2 Å². The number of thioether (sulfide) groups is 1. The lowest BCUT2D eigenvalue weighted by molar-refractivity contribution is -0.118. The summed E-state index contributed by atoms with van der Waals surface area (Å²) in [6.07, 6.45) is -1.84. The third kappa shape index (κ3) is 15.9. The van der Waals surface area contributed by atoms with Crippen LogP contribution < -0.4 is 25.7 Å². The summed E-state index contributed by atoms with van der Waals surface area (Å²) in [6.45, 7) is 8.37. The van der Waals surface area contributed by atoms with E-state index in [0.29, 0.717) is 17.1 Å². The fraction of sp³-hybridized carbons (Fsp3) is 0.314. The number of aromatic nitrogens is 9. The number of anilines is 2. The second-order valence-electron chi connectivity index (χ2n) is 25.1. The maximum absolute atomic E-state index is 17.5. The monoisotopic (exact) mass is 1420 g/mol. The lowest BCUT2D eigenvalue weighted by Gasteiger charge is -2.42. The van der Waals surface area contributed by atoms with Gasteiger partial charge in [0.25, 0.3) is 11.5 Å². The summed E-state index contributed by atoms with van der Waals surface area (Å²) >= 11 is 7.34. The predicted molar refractivity (Wildman–Crippen MR) is 378 cm³/mol. The van der Waals surface area contributed by atoms with E-state index in [-0.39, 0.29) is 46.3 Å². The third-order valence-corrected chi connectivity index (χ3v) is 24.8. The van der Waals surface area contributed by atoms with E-state index in [9.17, 15) is 24.1 Å². The molecule has 0 aliphatic carbocycles. The van der Waals surface area contributed by atoms with Crippen molar-refractivity contribution in [3.8, 4) is 11.5 Å². The predicted octanol–water partition coefficient (Wildman–Crippen LogP) is 12.0. The van der Waals surface area contributed by atoms with Gasteiger partial charge in [0.1, 0.15) is 41.0 Å². The number of ether oxygens (including phenoxy) is 5. The molecule has 2 saturated heterocycles. The number of fused-ring (bicyclic) bond motifs is 2. The number of carbonyl (C=O) groups is 3. The molecule has 1 unspecified atom stereocenters. The van der Waals surface area contributed by atoms with Crippen LogP contribution >= 0.6 is 18.5 Å². The van der Waals surface area contributed by atoms with Crippen molar-refractivity contribution in [2.24, 2.45) is 5.92 Å². The zero-order chi connectivity index (χ0) is 70.2. The Bertz CT molecular complexity index is 4450. The molecule has 29 heteroatoms. The number of methoxy groups -OCH3 is 2. The fourth-order valence-electron chi connectivity index (χ4n) is 11.1. The molecule has 24 nitrogen and oxygen atoms in total. The van der Waals surface area contributed by atoms with Gasteiger partial charge in [-0.1, -0.05) is 132 Å². The first-order chi connectivity index (χ1) is 47.5. The van der Waals surface area contributed by atoms with Crippen LogP contribution in [0.2, 0.25) is 18.1 Å². The molecule has 0 bridgehead atoms. The van der Waals surface area contributed by atoms with Gasteiger partial charge in [-0.2, -0.15) is 4.98 Å². The van der Waals surface area contributed by atoms with E-state index in [4.69, 9.17) is 53.9 Å². The minimum absolute atomic E-state index is 0.0358. The SMILES string of the molecule is COc1ccc(C(OC[C@H]2S[C@@H](n3cnc4c(=O)[nH]c(NC(=O)C(C)C)nc43)[C@H](OP(O)(=S)OC[C@H]3O[C@@H](n4cnc5c(NC(=O)c6ccccc6)ncnc54)[C@@H](F)[C@@H]3OC(=O)c3ccccc3)[C@@H]2O[Si](C)(C)C(C)(C)C)(c2ccccc2)c2ccc(OC)cc2)cc1.c1ccncc1. The number of pyridine rings is 1. The van der Waals surface area contributed by atoms with Crippen molar-refractivity contribution in [3.05, 3.63) is 227 Å². The minimum Gasteiger partial charge on any atom is -0.497 e. The average Bonchev–Trinajstić information content (AvgIpc) is 1.75. The zero-order valence-electron chi connectivity index (χ0n) is 55.6. The van der Waals surface area contributed by atoms with E-state index < -0.39 is 109 Å². The summed E-state index contributed by atoms with van der Waals surface area (Å²) in [5.74, 6) is -1.10. The average molecular weight is 1420 g/mol. The molecule has 4 N–H and O–H groups in total. The van der Waals surface area contributed by atoms with Gasteiger partial charge in [0, 0.05) is 23.9 Å². The number of imidazole rings is 2. The number of amides is 2. The number of alkyl halides is 1. The van der Waals surface area contributed by atoms with Gasteiger partial charge >= 0.3 is 12.7 Å². The number of benzene rings is 5. The number of carbonyl (C=O) groups excluding carboxylic acids is 3. The number of rotatable bonds is 23. The molecule has 0 radical (unpaired) electrons. The van der Waals surface area contributed by atoms with Crippen LogP contribution in [0.25, 0.3) is 22.3 Å². The first kappa shape index (κ1) is 71.4. The van der Waals surface area contributed by atoms with E-state index in [0.717, 1.165) is 16.7 Å². The van der Waals surface area contributed by atoms with Crippen LogP contribution in [0.15, 0.2) is 194 Å². The Morgan fingerprint density at radius 2 is 1.30 bits per heavy atom. The van der Waals surface area contributed by atoms with E-state index in [1.54, 1.807) is 93.6 Å². The lowest BCUT2D eigenvalue weighted by atomic mass is 9.80. The largest absolute Gasteiger partial charge is 0.497 e. The smallest absolute Gasteiger partial charge is 0.338 e. The van der Waals surface area contributed by atoms with Crippen LogP contribution in [0.1, 0.15) is 83.6 Å². The number of hydrogen-bond donors (Lipinski definition) is 4. The number of aromatic amines is 1. The van der Waals surface area contributed by atoms with Gasteiger partial charge in [-0.25, -0.2) is 29.1 Å². The Hall–Kier alpha value is -8.93. The molecule has 2 aliphatic heterocycles. The summed E-state index contributed by atoms with van der Waals surface area (Å²) in [7, 11) is 0.260. The van der Waals surface area contributed by atoms with Gasteiger partial charge in [0.2, 0.25) is 11.9 Å². The molecule has 10 aromatic rings. The molecule has 2 amide bonds. The molecule has 5 aromatic carbocycles. The van der Waals surface area contributed by atoms with E-state index in [1.165, 1.54) is 47.4 Å². The maximum Gasteiger partial charge on any atom is 0.338 e. The summed E-state index contributed by atoms with van der Waals surface area (Å²) < 4.78 is 72.3. The summed E-state index contributed by atoms with van der Waals surface area (Å²) in [5.41, 5.74) is 0.910. The molecule has 5 aromatic heterocycles. The highest BCUT2D eigenvalue weighted by Gasteiger charge is 2.55. The third-order valence-electron chi connectivity index (χ3n) is 17.3. The van der Waals surface area contributed by atoms with Crippen molar-refractivity contribution >= 4 is 90.5 Å². The number of H-pyrrole nitrogens is 1. The van der Waals surface area contributed by atoms with Crippen LogP contribution in [-0.4, -0.2) is 138 Å². The topological polar surface area (TPSA) is 289 Å². The Balaban J connectivity index is 0.00000157. The maximum atomic E-state index is 17.5. The van der Waals surface area contributed by atoms with Crippen molar-refractivity contribution in [1.29, 1.82) is 0 Å². The number of esters is 1. The Labute approximate surface area is 580 Å². The van der Waals surface area contributed by atoms with E-state index in [1.807, 2.05) is 97.1 Å². The van der Waals surface area contributed by atoms with Gasteiger partial charge < -0.3 is 42.8 Å². The van der Waals surface area contributed by atoms with Crippen molar-refractivity contribution in [2.75, 3.05) is 38.1 Å². The minimum atomic E-state index is -4.64. The second-order valence-corrected chi connectivity index (χ2v) is 34.0. The molecule has 99 heavy (non-hydrogen) atoms. The molecule has 0 spiro atoms. The molecule has 9 atom stereocenters. The number of nitrogens with zero attached hydrogens (tertiary/aromatic N) is 8. The Kier molecular flexibility index (Phi) is 22.1. The van der Waals surface area contributed by atoms with Crippen LogP contribution in [-0.2, 0) is 49.9 Å². The summed E-state index contributed by atoms with van der Waals surface area (Å²) in [6, 6.07) is 47.1. The number of nitrogens with one attached hydrogen (secondary N) is 3. The van der Waals surface area contributed by atoms with Crippen LogP contribution in [0.5, 0.6) is 11.5 Å². The first-order valence-electron chi connectivity index (χ1n) is 31.7. The normalized spacial score (nSPS) is 20.0. The molecule has 516 valence electrons. The van der Waals surface area contributed by atoms with Crippen molar-refractivity contribution in [3.63, 3.8) is 0 Å².